The van der Waals surface area contributed by atoms with Gasteiger partial charge in [-0.3, -0.25) is 0 Å². The Morgan fingerprint density at radius 1 is 0.977 bits per heavy atom. The van der Waals surface area contributed by atoms with Gasteiger partial charge in [0.2, 0.25) is 0 Å². The van der Waals surface area contributed by atoms with Crippen molar-refractivity contribution in [3.8, 4) is 0 Å². The Labute approximate surface area is 268 Å². The second-order valence-electron chi connectivity index (χ2n) is 10.8. The second kappa shape index (κ2) is 24.6. The van der Waals surface area contributed by atoms with Gasteiger partial charge in [-0.2, -0.15) is 0 Å². The number of carboxylic acid groups (broad SMARTS) is 1. The van der Waals surface area contributed by atoms with Crippen LogP contribution in [-0.4, -0.2) is 18.1 Å². The molecule has 0 saturated carbocycles. The molecule has 1 heterocycles. The number of carboxylic acids is 1. The number of nitrogens with one attached hydrogen (secondary N) is 1. The molecule has 1 aliphatic carbocycles. The van der Waals surface area contributed by atoms with Gasteiger partial charge >= 0.3 is 5.97 Å². The molecule has 0 amide bonds. The lowest BCUT2D eigenvalue weighted by molar-refractivity contribution is 0.0696. The summed E-state index contributed by atoms with van der Waals surface area (Å²) < 4.78 is 0. The molecule has 3 nitrogen and oxygen atoms in total. The molecule has 0 fully saturated rings. The molecule has 2 N–H and O–H groups in total. The first-order chi connectivity index (χ1) is 20.8. The van der Waals surface area contributed by atoms with Crippen LogP contribution in [0.25, 0.3) is 6.08 Å². The molecule has 0 radical (unpaired) electrons. The van der Waals surface area contributed by atoms with Crippen LogP contribution < -0.4 is 5.32 Å². The van der Waals surface area contributed by atoms with Gasteiger partial charge in [0.1, 0.15) is 5.00 Å². The SMILES string of the molecule is C=Cc1ccccc1CC(C)CC.CC.CCCC.CCCC.CNc1scc(C2CCc3ccccc3C2)c1C(=O)O. The summed E-state index contributed by atoms with van der Waals surface area (Å²) in [6.07, 6.45) is 12.6. The third-order valence-corrected chi connectivity index (χ3v) is 8.60. The fourth-order valence-corrected chi connectivity index (χ4v) is 5.47. The van der Waals surface area contributed by atoms with Gasteiger partial charge in [-0.1, -0.05) is 149 Å². The lowest BCUT2D eigenvalue weighted by Crippen LogP contribution is -2.15. The van der Waals surface area contributed by atoms with Crippen molar-refractivity contribution in [1.29, 1.82) is 0 Å². The molecule has 4 rings (SSSR count). The van der Waals surface area contributed by atoms with E-state index in [9.17, 15) is 9.90 Å². The number of unbranched alkanes of at least 4 members (excludes halogenated alkanes) is 2. The van der Waals surface area contributed by atoms with Crippen molar-refractivity contribution >= 4 is 28.4 Å². The zero-order valence-electron chi connectivity index (χ0n) is 28.8. The number of aryl methyl sites for hydroxylation is 1. The fraction of sp³-hybridized carbons (Fsp3) is 0.513. The van der Waals surface area contributed by atoms with Crippen LogP contribution in [0.1, 0.15) is 138 Å². The Balaban J connectivity index is 0.000000659. The molecule has 1 aromatic heterocycles. The van der Waals surface area contributed by atoms with Gasteiger partial charge in [0.15, 0.2) is 0 Å². The van der Waals surface area contributed by atoms with E-state index in [1.54, 1.807) is 7.05 Å². The van der Waals surface area contributed by atoms with Crippen molar-refractivity contribution in [2.24, 2.45) is 5.92 Å². The average Bonchev–Trinajstić information content (AvgIpc) is 3.51. The van der Waals surface area contributed by atoms with Crippen molar-refractivity contribution < 1.29 is 9.90 Å². The van der Waals surface area contributed by atoms with Crippen LogP contribution in [0.3, 0.4) is 0 Å². The molecular weight excluding hydrogens is 547 g/mol. The highest BCUT2D eigenvalue weighted by Gasteiger charge is 2.27. The van der Waals surface area contributed by atoms with E-state index in [2.05, 4.69) is 102 Å². The molecular formula is C39H61NO2S. The van der Waals surface area contributed by atoms with E-state index in [4.69, 9.17) is 0 Å². The van der Waals surface area contributed by atoms with Crippen LogP contribution in [0, 0.1) is 5.92 Å². The lowest BCUT2D eigenvalue weighted by atomic mass is 9.80. The Bertz CT molecular complexity index is 1140. The summed E-state index contributed by atoms with van der Waals surface area (Å²) in [7, 11) is 1.78. The van der Waals surface area contributed by atoms with Gasteiger partial charge in [-0.05, 0) is 70.7 Å². The molecule has 2 aromatic carbocycles. The number of hydrogen-bond donors (Lipinski definition) is 2. The minimum absolute atomic E-state index is 0.314. The van der Waals surface area contributed by atoms with Crippen molar-refractivity contribution in [1.82, 2.24) is 0 Å². The number of fused-ring (bicyclic) bond motifs is 1. The number of carbonyl (C=O) groups is 1. The number of benzene rings is 2. The minimum Gasteiger partial charge on any atom is -0.478 e. The highest BCUT2D eigenvalue weighted by atomic mass is 32.1. The van der Waals surface area contributed by atoms with Crippen molar-refractivity contribution in [3.63, 3.8) is 0 Å². The van der Waals surface area contributed by atoms with Crippen LogP contribution >= 0.6 is 11.3 Å². The quantitative estimate of drug-likeness (QED) is 0.254. The third kappa shape index (κ3) is 14.4. The molecule has 0 spiro atoms. The molecule has 0 saturated heterocycles. The molecule has 43 heavy (non-hydrogen) atoms. The van der Waals surface area contributed by atoms with Crippen LogP contribution in [0.5, 0.6) is 0 Å². The number of thiophene rings is 1. The van der Waals surface area contributed by atoms with Gasteiger partial charge in [-0.25, -0.2) is 4.79 Å². The first-order valence-electron chi connectivity index (χ1n) is 16.6. The molecule has 2 unspecified atom stereocenters. The number of aromatic carboxylic acids is 1. The molecule has 1 aliphatic rings. The van der Waals surface area contributed by atoms with E-state index in [1.165, 1.54) is 72.1 Å². The highest BCUT2D eigenvalue weighted by Crippen LogP contribution is 2.39. The third-order valence-electron chi connectivity index (χ3n) is 7.59. The first-order valence-corrected chi connectivity index (χ1v) is 17.5. The van der Waals surface area contributed by atoms with Crippen molar-refractivity contribution in [2.45, 2.75) is 119 Å². The molecule has 240 valence electrons. The topological polar surface area (TPSA) is 49.3 Å². The summed E-state index contributed by atoms with van der Waals surface area (Å²) in [5.41, 5.74) is 6.92. The molecule has 0 aliphatic heterocycles. The normalized spacial score (nSPS) is 13.5. The van der Waals surface area contributed by atoms with Crippen molar-refractivity contribution in [3.05, 3.63) is 93.9 Å². The highest BCUT2D eigenvalue weighted by molar-refractivity contribution is 7.14. The monoisotopic (exact) mass is 607 g/mol. The van der Waals surface area contributed by atoms with E-state index in [0.29, 0.717) is 11.5 Å². The summed E-state index contributed by atoms with van der Waals surface area (Å²) in [6, 6.07) is 17.0. The van der Waals surface area contributed by atoms with Crippen LogP contribution in [0.4, 0.5) is 5.00 Å². The summed E-state index contributed by atoms with van der Waals surface area (Å²) in [5, 5.41) is 15.2. The Morgan fingerprint density at radius 3 is 2.05 bits per heavy atom. The van der Waals surface area contributed by atoms with E-state index in [1.807, 2.05) is 25.3 Å². The molecule has 2 atom stereocenters. The molecule has 3 aromatic rings. The van der Waals surface area contributed by atoms with E-state index < -0.39 is 5.97 Å². The largest absolute Gasteiger partial charge is 0.478 e. The van der Waals surface area contributed by atoms with Gasteiger partial charge in [0.25, 0.3) is 0 Å². The first kappa shape index (κ1) is 40.1. The Morgan fingerprint density at radius 2 is 1.53 bits per heavy atom. The van der Waals surface area contributed by atoms with E-state index in [-0.39, 0.29) is 0 Å². The predicted molar refractivity (Wildman–Crippen MR) is 194 cm³/mol. The van der Waals surface area contributed by atoms with E-state index >= 15 is 0 Å². The maximum Gasteiger partial charge on any atom is 0.338 e. The number of hydrogen-bond acceptors (Lipinski definition) is 3. The average molecular weight is 608 g/mol. The Hall–Kier alpha value is -2.85. The Kier molecular flexibility index (Phi) is 22.9. The van der Waals surface area contributed by atoms with E-state index in [0.717, 1.165) is 35.7 Å². The standard InChI is InChI=1S/C16H17NO2S.C13H18.2C4H10.C2H6/c1-17-15-14(16(18)19)13(9-20-15)12-7-6-10-4-2-3-5-11(10)8-12;1-4-11(3)10-13-9-7-6-8-12(13)5-2;2*1-3-4-2;1-2/h2-5,9,12,17H,6-8H2,1H3,(H,18,19);5-9,11H,2,4,10H2,1,3H3;2*3-4H2,1-2H3;1-2H3. The number of rotatable bonds is 9. The summed E-state index contributed by atoms with van der Waals surface area (Å²) in [5.74, 6) is 0.250. The summed E-state index contributed by atoms with van der Waals surface area (Å²) in [4.78, 5) is 11.5. The maximum absolute atomic E-state index is 11.5. The van der Waals surface area contributed by atoms with Crippen molar-refractivity contribution in [2.75, 3.05) is 12.4 Å². The molecule has 4 heteroatoms. The smallest absolute Gasteiger partial charge is 0.338 e. The lowest BCUT2D eigenvalue weighted by Gasteiger charge is -2.24. The predicted octanol–water partition coefficient (Wildman–Crippen LogP) is 12.3. The zero-order chi connectivity index (χ0) is 32.6. The minimum atomic E-state index is -0.829. The van der Waals surface area contributed by atoms with Crippen LogP contribution in [-0.2, 0) is 19.3 Å². The summed E-state index contributed by atoms with van der Waals surface area (Å²) >= 11 is 1.49. The fourth-order valence-electron chi connectivity index (χ4n) is 4.48. The summed E-state index contributed by atoms with van der Waals surface area (Å²) in [6.45, 7) is 21.1. The van der Waals surface area contributed by atoms with Crippen LogP contribution in [0.15, 0.2) is 60.5 Å². The van der Waals surface area contributed by atoms with Gasteiger partial charge in [0.05, 0.1) is 5.56 Å². The van der Waals surface area contributed by atoms with Gasteiger partial charge < -0.3 is 10.4 Å². The molecule has 0 bridgehead atoms. The second-order valence-corrected chi connectivity index (χ2v) is 11.7. The number of anilines is 1. The maximum atomic E-state index is 11.5. The van der Waals surface area contributed by atoms with Gasteiger partial charge in [-0.15, -0.1) is 11.3 Å². The zero-order valence-corrected chi connectivity index (χ0v) is 29.6. The van der Waals surface area contributed by atoms with Crippen LogP contribution in [0.2, 0.25) is 0 Å². The van der Waals surface area contributed by atoms with Gasteiger partial charge in [0, 0.05) is 7.05 Å².